The van der Waals surface area contributed by atoms with Crippen molar-refractivity contribution in [2.24, 2.45) is 0 Å². The Labute approximate surface area is 164 Å². The number of hydrogen-bond donors (Lipinski definition) is 3. The Balaban J connectivity index is 2.24. The van der Waals surface area contributed by atoms with Crippen molar-refractivity contribution in [2.45, 2.75) is 19.8 Å². The molecule has 8 heteroatoms. The first kappa shape index (κ1) is 20.5. The first-order valence-corrected chi connectivity index (χ1v) is 11.8. The van der Waals surface area contributed by atoms with Gasteiger partial charge in [-0.1, -0.05) is 0 Å². The normalized spacial score (nSPS) is 12.3. The molecule has 0 aliphatic heterocycles. The summed E-state index contributed by atoms with van der Waals surface area (Å²) in [4.78, 5) is 18.9. The number of aromatic hydroxyl groups is 1. The minimum atomic E-state index is -3.28. The molecule has 138 valence electrons. The molecular formula is C17H21Br2O5P. The zero-order valence-electron chi connectivity index (χ0n) is 14.1. The zero-order valence-corrected chi connectivity index (χ0v) is 18.3. The first-order chi connectivity index (χ1) is 11.6. The van der Waals surface area contributed by atoms with Crippen molar-refractivity contribution in [2.75, 3.05) is 13.0 Å². The molecule has 0 saturated carbocycles. The molecule has 0 saturated heterocycles. The van der Waals surface area contributed by atoms with E-state index in [1.807, 2.05) is 13.8 Å². The van der Waals surface area contributed by atoms with Crippen molar-refractivity contribution >= 4 is 39.6 Å². The predicted molar refractivity (Wildman–Crippen MR) is 108 cm³/mol. The number of phenols is 1. The van der Waals surface area contributed by atoms with Crippen molar-refractivity contribution in [3.05, 3.63) is 44.8 Å². The van der Waals surface area contributed by atoms with Crippen LogP contribution in [0.15, 0.2) is 39.3 Å². The summed E-state index contributed by atoms with van der Waals surface area (Å²) in [6.45, 7) is 5.37. The van der Waals surface area contributed by atoms with Crippen LogP contribution in [0.5, 0.6) is 23.0 Å². The second-order valence-corrected chi connectivity index (χ2v) is 10.6. The molecule has 25 heavy (non-hydrogen) atoms. The average Bonchev–Trinajstić information content (AvgIpc) is 2.49. The van der Waals surface area contributed by atoms with E-state index in [-0.39, 0.29) is 18.0 Å². The van der Waals surface area contributed by atoms with Crippen LogP contribution in [0.4, 0.5) is 0 Å². The molecule has 0 amide bonds. The van der Waals surface area contributed by atoms with Crippen molar-refractivity contribution in [3.8, 4) is 23.0 Å². The molecule has 0 heterocycles. The molecule has 2 aromatic carbocycles. The molecule has 0 fully saturated rings. The van der Waals surface area contributed by atoms with Crippen LogP contribution in [0.2, 0.25) is 0 Å². The molecule has 0 atom stereocenters. The molecule has 5 nitrogen and oxygen atoms in total. The predicted octanol–water partition coefficient (Wildman–Crippen LogP) is 5.36. The minimum absolute atomic E-state index is 0.123. The zero-order chi connectivity index (χ0) is 18.8. The summed E-state index contributed by atoms with van der Waals surface area (Å²) >= 11 is 6.88. The topological polar surface area (TPSA) is 79.2 Å². The summed E-state index contributed by atoms with van der Waals surface area (Å²) in [6.07, 6.45) is -0.123. The van der Waals surface area contributed by atoms with Gasteiger partial charge in [-0.2, -0.15) is 0 Å². The van der Waals surface area contributed by atoms with Crippen LogP contribution in [-0.4, -0.2) is 27.9 Å². The van der Waals surface area contributed by atoms with Gasteiger partial charge in [-0.3, -0.25) is 0 Å². The van der Waals surface area contributed by atoms with Gasteiger partial charge in [-0.05, 0) is 0 Å². The molecule has 0 unspecified atom stereocenters. The van der Waals surface area contributed by atoms with E-state index in [1.54, 1.807) is 30.3 Å². The fourth-order valence-electron chi connectivity index (χ4n) is 2.11. The van der Waals surface area contributed by atoms with E-state index < -0.39 is 7.72 Å². The first-order valence-electron chi connectivity index (χ1n) is 7.64. The Kier molecular flexibility index (Phi) is 6.74. The molecule has 0 radical (unpaired) electrons. The van der Waals surface area contributed by atoms with Crippen molar-refractivity contribution in [3.63, 3.8) is 0 Å². The van der Waals surface area contributed by atoms with E-state index in [2.05, 4.69) is 31.9 Å². The summed E-state index contributed by atoms with van der Waals surface area (Å²) in [5.74, 6) is 2.05. The van der Waals surface area contributed by atoms with Crippen LogP contribution >= 0.6 is 39.6 Å². The fourth-order valence-corrected chi connectivity index (χ4v) is 3.86. The SMILES string of the molecule is CC(C)c1cc(Oc2c(Br)cc(OC[PH](C)(O)O)cc2Br)ccc1O. The van der Waals surface area contributed by atoms with Gasteiger partial charge in [0, 0.05) is 0 Å². The Morgan fingerprint density at radius 3 is 2.16 bits per heavy atom. The number of hydrogen-bond acceptors (Lipinski definition) is 5. The van der Waals surface area contributed by atoms with Gasteiger partial charge >= 0.3 is 165 Å². The van der Waals surface area contributed by atoms with Gasteiger partial charge in [0.1, 0.15) is 0 Å². The number of rotatable bonds is 6. The quantitative estimate of drug-likeness (QED) is 0.470. The van der Waals surface area contributed by atoms with Crippen LogP contribution in [0.3, 0.4) is 0 Å². The second kappa shape index (κ2) is 8.23. The summed E-state index contributed by atoms with van der Waals surface area (Å²) in [5, 5.41) is 9.91. The van der Waals surface area contributed by atoms with Crippen molar-refractivity contribution in [1.82, 2.24) is 0 Å². The van der Waals surface area contributed by atoms with Gasteiger partial charge in [0.05, 0.1) is 0 Å². The molecular weight excluding hydrogens is 475 g/mol. The molecule has 0 aliphatic carbocycles. The summed E-state index contributed by atoms with van der Waals surface area (Å²) < 4.78 is 12.6. The van der Waals surface area contributed by atoms with Gasteiger partial charge in [0.2, 0.25) is 0 Å². The molecule has 0 bridgehead atoms. The van der Waals surface area contributed by atoms with Crippen molar-refractivity contribution in [1.29, 1.82) is 0 Å². The van der Waals surface area contributed by atoms with Crippen LogP contribution in [0, 0.1) is 0 Å². The molecule has 0 aromatic heterocycles. The summed E-state index contributed by atoms with van der Waals surface area (Å²) in [7, 11) is -3.28. The van der Waals surface area contributed by atoms with Gasteiger partial charge < -0.3 is 0 Å². The Bertz CT molecular complexity index is 736. The van der Waals surface area contributed by atoms with E-state index in [0.717, 1.165) is 5.56 Å². The van der Waals surface area contributed by atoms with E-state index in [1.165, 1.54) is 6.66 Å². The fraction of sp³-hybridized carbons (Fsp3) is 0.294. The van der Waals surface area contributed by atoms with Gasteiger partial charge in [0.15, 0.2) is 0 Å². The Morgan fingerprint density at radius 1 is 1.04 bits per heavy atom. The number of benzene rings is 2. The summed E-state index contributed by atoms with van der Waals surface area (Å²) in [5.41, 5.74) is 0.805. The number of ether oxygens (including phenoxy) is 2. The Morgan fingerprint density at radius 2 is 1.64 bits per heavy atom. The number of halogens is 2. The molecule has 2 aromatic rings. The maximum absolute atomic E-state index is 9.91. The molecule has 0 aliphatic rings. The van der Waals surface area contributed by atoms with Crippen LogP contribution in [-0.2, 0) is 0 Å². The Hall–Kier alpha value is -0.850. The molecule has 0 spiro atoms. The van der Waals surface area contributed by atoms with E-state index in [4.69, 9.17) is 9.47 Å². The van der Waals surface area contributed by atoms with E-state index in [0.29, 0.717) is 26.2 Å². The van der Waals surface area contributed by atoms with E-state index in [9.17, 15) is 14.9 Å². The summed E-state index contributed by atoms with van der Waals surface area (Å²) in [6, 6.07) is 8.50. The van der Waals surface area contributed by atoms with Crippen LogP contribution < -0.4 is 9.47 Å². The van der Waals surface area contributed by atoms with Crippen LogP contribution in [0.25, 0.3) is 0 Å². The molecule has 2 rings (SSSR count). The van der Waals surface area contributed by atoms with Gasteiger partial charge in [-0.25, -0.2) is 0 Å². The third kappa shape index (κ3) is 5.83. The third-order valence-corrected chi connectivity index (χ3v) is 5.19. The van der Waals surface area contributed by atoms with E-state index >= 15 is 0 Å². The van der Waals surface area contributed by atoms with Crippen LogP contribution in [0.1, 0.15) is 25.3 Å². The average molecular weight is 496 g/mol. The van der Waals surface area contributed by atoms with Crippen molar-refractivity contribution < 1.29 is 24.4 Å². The monoisotopic (exact) mass is 494 g/mol. The maximum atomic E-state index is 9.91. The number of phenolic OH excluding ortho intramolecular Hbond substituents is 1. The second-order valence-electron chi connectivity index (χ2n) is 6.20. The standard InChI is InChI=1S/C17H21Br2O5P/c1-10(2)13-6-11(4-5-16(13)20)24-17-14(18)7-12(8-15(17)19)23-9-25(3,21)22/h4-8,10,20-22,25H,9H2,1-3H3. The van der Waals surface area contributed by atoms with Gasteiger partial charge in [0.25, 0.3) is 0 Å². The molecule has 3 N–H and O–H groups in total. The van der Waals surface area contributed by atoms with Gasteiger partial charge in [-0.15, -0.1) is 0 Å². The third-order valence-electron chi connectivity index (χ3n) is 3.32.